The number of nitrogens with zero attached hydrogens (tertiary/aromatic N) is 2. The molecule has 1 aliphatic carbocycles. The van der Waals surface area contributed by atoms with E-state index in [9.17, 15) is 0 Å². The maximum atomic E-state index is 8.83. The quantitative estimate of drug-likeness (QED) is 0.815. The zero-order valence-electron chi connectivity index (χ0n) is 9.38. The van der Waals surface area contributed by atoms with Crippen LogP contribution >= 0.6 is 0 Å². The van der Waals surface area contributed by atoms with Crippen molar-refractivity contribution >= 4 is 0 Å². The van der Waals surface area contributed by atoms with Gasteiger partial charge < -0.3 is 9.88 Å². The minimum Gasteiger partial charge on any atom is -0.342 e. The predicted molar refractivity (Wildman–Crippen MR) is 59.2 cm³/mol. The van der Waals surface area contributed by atoms with Crippen molar-refractivity contribution in [3.8, 4) is 6.07 Å². The van der Waals surface area contributed by atoms with Crippen molar-refractivity contribution in [2.45, 2.75) is 38.3 Å². The van der Waals surface area contributed by atoms with Crippen LogP contribution in [0.4, 0.5) is 0 Å². The molecule has 0 unspecified atom stereocenters. The average molecular weight is 203 g/mol. The summed E-state index contributed by atoms with van der Waals surface area (Å²) in [4.78, 5) is 0. The summed E-state index contributed by atoms with van der Waals surface area (Å²) >= 11 is 0. The summed E-state index contributed by atoms with van der Waals surface area (Å²) in [5.41, 5.74) is 2.26. The Morgan fingerprint density at radius 2 is 2.33 bits per heavy atom. The van der Waals surface area contributed by atoms with Crippen molar-refractivity contribution in [2.24, 2.45) is 7.05 Å². The van der Waals surface area contributed by atoms with Gasteiger partial charge in [-0.1, -0.05) is 0 Å². The number of hydrogen-bond donors (Lipinski definition) is 1. The SMILES string of the molecule is Cn1cc(CNC2(C)CCC2)cc1C#N. The smallest absolute Gasteiger partial charge is 0.120 e. The molecule has 15 heavy (non-hydrogen) atoms. The van der Waals surface area contributed by atoms with Crippen molar-refractivity contribution < 1.29 is 0 Å². The minimum absolute atomic E-state index is 0.336. The van der Waals surface area contributed by atoms with E-state index in [1.807, 2.05) is 23.9 Å². The van der Waals surface area contributed by atoms with Gasteiger partial charge in [0.05, 0.1) is 0 Å². The molecule has 2 rings (SSSR count). The van der Waals surface area contributed by atoms with Gasteiger partial charge in [-0.2, -0.15) is 5.26 Å². The monoisotopic (exact) mass is 203 g/mol. The molecule has 1 saturated carbocycles. The standard InChI is InChI=1S/C12H17N3/c1-12(4-3-5-12)14-8-10-6-11(7-13)15(2)9-10/h6,9,14H,3-5,8H2,1-2H3. The Labute approximate surface area is 90.7 Å². The Morgan fingerprint density at radius 1 is 1.60 bits per heavy atom. The predicted octanol–water partition coefficient (Wildman–Crippen LogP) is 1.93. The molecule has 0 aliphatic heterocycles. The van der Waals surface area contributed by atoms with Crippen molar-refractivity contribution in [3.63, 3.8) is 0 Å². The average Bonchev–Trinajstić information content (AvgIpc) is 2.53. The minimum atomic E-state index is 0.336. The molecule has 3 heteroatoms. The zero-order valence-corrected chi connectivity index (χ0v) is 9.38. The molecule has 1 heterocycles. The molecular weight excluding hydrogens is 186 g/mol. The van der Waals surface area contributed by atoms with E-state index < -0.39 is 0 Å². The van der Waals surface area contributed by atoms with Crippen LogP contribution < -0.4 is 5.32 Å². The van der Waals surface area contributed by atoms with Crippen LogP contribution in [-0.2, 0) is 13.6 Å². The fourth-order valence-electron chi connectivity index (χ4n) is 2.04. The summed E-state index contributed by atoms with van der Waals surface area (Å²) in [6, 6.07) is 4.13. The lowest BCUT2D eigenvalue weighted by Gasteiger charge is -2.39. The van der Waals surface area contributed by atoms with E-state index in [2.05, 4.69) is 18.3 Å². The van der Waals surface area contributed by atoms with E-state index in [1.54, 1.807) is 0 Å². The van der Waals surface area contributed by atoms with Crippen molar-refractivity contribution in [2.75, 3.05) is 0 Å². The summed E-state index contributed by atoms with van der Waals surface area (Å²) < 4.78 is 1.88. The summed E-state index contributed by atoms with van der Waals surface area (Å²) in [6.45, 7) is 3.14. The van der Waals surface area contributed by atoms with Crippen molar-refractivity contribution in [3.05, 3.63) is 23.5 Å². The fraction of sp³-hybridized carbons (Fsp3) is 0.583. The van der Waals surface area contributed by atoms with Crippen LogP contribution in [0.2, 0.25) is 0 Å². The van der Waals surface area contributed by atoms with Crippen LogP contribution in [0.5, 0.6) is 0 Å². The molecule has 1 aromatic rings. The second-order valence-corrected chi connectivity index (χ2v) is 4.72. The first kappa shape index (κ1) is 10.3. The fourth-order valence-corrected chi connectivity index (χ4v) is 2.04. The molecule has 1 aliphatic rings. The lowest BCUT2D eigenvalue weighted by Crippen LogP contribution is -2.47. The highest BCUT2D eigenvalue weighted by Crippen LogP contribution is 2.31. The third-order valence-electron chi connectivity index (χ3n) is 3.35. The van der Waals surface area contributed by atoms with Gasteiger partial charge in [-0.05, 0) is 37.8 Å². The molecule has 3 nitrogen and oxygen atoms in total. The van der Waals surface area contributed by atoms with E-state index in [1.165, 1.54) is 24.8 Å². The highest BCUT2D eigenvalue weighted by molar-refractivity contribution is 5.28. The third kappa shape index (κ3) is 2.05. The third-order valence-corrected chi connectivity index (χ3v) is 3.35. The van der Waals surface area contributed by atoms with Gasteiger partial charge in [-0.25, -0.2) is 0 Å². The van der Waals surface area contributed by atoms with Crippen LogP contribution in [0.15, 0.2) is 12.3 Å². The summed E-state index contributed by atoms with van der Waals surface area (Å²) in [7, 11) is 1.91. The Balaban J connectivity index is 1.96. The zero-order chi connectivity index (χ0) is 10.9. The molecule has 1 fully saturated rings. The lowest BCUT2D eigenvalue weighted by atomic mass is 9.78. The number of rotatable bonds is 3. The highest BCUT2D eigenvalue weighted by atomic mass is 15.0. The van der Waals surface area contributed by atoms with Crippen LogP contribution in [0.25, 0.3) is 0 Å². The van der Waals surface area contributed by atoms with E-state index in [4.69, 9.17) is 5.26 Å². The van der Waals surface area contributed by atoms with Gasteiger partial charge in [0.25, 0.3) is 0 Å². The van der Waals surface area contributed by atoms with Crippen LogP contribution in [0, 0.1) is 11.3 Å². The maximum Gasteiger partial charge on any atom is 0.120 e. The molecule has 0 saturated heterocycles. The van der Waals surface area contributed by atoms with Crippen molar-refractivity contribution in [1.82, 2.24) is 9.88 Å². The molecule has 0 atom stereocenters. The second-order valence-electron chi connectivity index (χ2n) is 4.72. The molecule has 0 spiro atoms. The Kier molecular flexibility index (Phi) is 2.54. The van der Waals surface area contributed by atoms with Gasteiger partial charge in [0.1, 0.15) is 11.8 Å². The first-order valence-electron chi connectivity index (χ1n) is 5.43. The molecule has 0 radical (unpaired) electrons. The van der Waals surface area contributed by atoms with Gasteiger partial charge in [0.2, 0.25) is 0 Å². The lowest BCUT2D eigenvalue weighted by molar-refractivity contribution is 0.207. The van der Waals surface area contributed by atoms with E-state index in [-0.39, 0.29) is 0 Å². The van der Waals surface area contributed by atoms with Gasteiger partial charge in [0.15, 0.2) is 0 Å². The van der Waals surface area contributed by atoms with E-state index >= 15 is 0 Å². The summed E-state index contributed by atoms with van der Waals surface area (Å²) in [6.07, 6.45) is 5.89. The van der Waals surface area contributed by atoms with E-state index in [0.29, 0.717) is 5.54 Å². The van der Waals surface area contributed by atoms with Gasteiger partial charge >= 0.3 is 0 Å². The summed E-state index contributed by atoms with van der Waals surface area (Å²) in [5.74, 6) is 0. The maximum absolute atomic E-state index is 8.83. The molecule has 0 bridgehead atoms. The molecule has 0 aromatic carbocycles. The molecule has 1 aromatic heterocycles. The van der Waals surface area contributed by atoms with Crippen LogP contribution in [0.3, 0.4) is 0 Å². The van der Waals surface area contributed by atoms with Crippen LogP contribution in [0.1, 0.15) is 37.4 Å². The number of aryl methyl sites for hydroxylation is 1. The molecule has 1 N–H and O–H groups in total. The Hall–Kier alpha value is -1.27. The first-order chi connectivity index (χ1) is 7.13. The molecule has 80 valence electrons. The Bertz CT molecular complexity index is 393. The topological polar surface area (TPSA) is 40.8 Å². The van der Waals surface area contributed by atoms with Crippen molar-refractivity contribution in [1.29, 1.82) is 5.26 Å². The first-order valence-corrected chi connectivity index (χ1v) is 5.43. The van der Waals surface area contributed by atoms with E-state index in [0.717, 1.165) is 12.2 Å². The number of nitrogens with one attached hydrogen (secondary N) is 1. The Morgan fingerprint density at radius 3 is 2.80 bits per heavy atom. The van der Waals surface area contributed by atoms with Gasteiger partial charge in [0, 0.05) is 25.3 Å². The normalized spacial score (nSPS) is 18.2. The van der Waals surface area contributed by atoms with Crippen LogP contribution in [-0.4, -0.2) is 10.1 Å². The molecular formula is C12H17N3. The number of hydrogen-bond acceptors (Lipinski definition) is 2. The summed E-state index contributed by atoms with van der Waals surface area (Å²) in [5, 5.41) is 12.4. The van der Waals surface area contributed by atoms with Gasteiger partial charge in [-0.15, -0.1) is 0 Å². The van der Waals surface area contributed by atoms with Gasteiger partial charge in [-0.3, -0.25) is 0 Å². The number of aromatic nitrogens is 1. The largest absolute Gasteiger partial charge is 0.342 e. The highest BCUT2D eigenvalue weighted by Gasteiger charge is 2.30. The second kappa shape index (κ2) is 3.71. The number of nitriles is 1. The molecule has 0 amide bonds.